The van der Waals surface area contributed by atoms with E-state index < -0.39 is 0 Å². The van der Waals surface area contributed by atoms with Crippen molar-refractivity contribution in [2.75, 3.05) is 26.2 Å². The molecule has 4 heterocycles. The van der Waals surface area contributed by atoms with Gasteiger partial charge in [0.25, 0.3) is 5.56 Å². The largest absolute Gasteiger partial charge is 0.360 e. The lowest BCUT2D eigenvalue weighted by atomic mass is 10.2. The summed E-state index contributed by atoms with van der Waals surface area (Å²) in [6, 6.07) is 9.64. The van der Waals surface area contributed by atoms with Crippen molar-refractivity contribution in [3.63, 3.8) is 0 Å². The van der Waals surface area contributed by atoms with E-state index in [4.69, 9.17) is 21.8 Å². The van der Waals surface area contributed by atoms with E-state index in [0.29, 0.717) is 29.1 Å². The summed E-state index contributed by atoms with van der Waals surface area (Å²) in [6.45, 7) is 9.76. The van der Waals surface area contributed by atoms with Gasteiger partial charge in [0, 0.05) is 38.8 Å². The predicted molar refractivity (Wildman–Crippen MR) is 129 cm³/mol. The summed E-state index contributed by atoms with van der Waals surface area (Å²) in [7, 11) is 0. The molecular weight excluding hydrogens is 438 g/mol. The van der Waals surface area contributed by atoms with Crippen LogP contribution in [0.15, 0.2) is 39.6 Å². The maximum absolute atomic E-state index is 13.2. The van der Waals surface area contributed by atoms with Gasteiger partial charge in [-0.1, -0.05) is 30.6 Å². The molecule has 0 spiro atoms. The SMILES string of the molecule is CCCCn1c(=O)c2ccccc2n2c(=S)n(CN3CCN(Cc4cc(C)no4)CC3)nc12. The normalized spacial score (nSPS) is 15.7. The Morgan fingerprint density at radius 1 is 1.12 bits per heavy atom. The van der Waals surface area contributed by atoms with E-state index >= 15 is 0 Å². The smallest absolute Gasteiger partial charge is 0.262 e. The van der Waals surface area contributed by atoms with Crippen molar-refractivity contribution in [1.29, 1.82) is 0 Å². The minimum Gasteiger partial charge on any atom is -0.360 e. The Labute approximate surface area is 196 Å². The highest BCUT2D eigenvalue weighted by atomic mass is 32.1. The van der Waals surface area contributed by atoms with E-state index in [9.17, 15) is 4.79 Å². The third-order valence-corrected chi connectivity index (χ3v) is 6.67. The van der Waals surface area contributed by atoms with E-state index in [1.165, 1.54) is 0 Å². The van der Waals surface area contributed by atoms with Crippen molar-refractivity contribution in [3.8, 4) is 0 Å². The molecule has 4 aromatic rings. The molecule has 0 radical (unpaired) electrons. The Hall–Kier alpha value is -2.82. The number of rotatable bonds is 7. The van der Waals surface area contributed by atoms with Gasteiger partial charge in [0.2, 0.25) is 10.5 Å². The monoisotopic (exact) mass is 467 g/mol. The minimum absolute atomic E-state index is 0.00466. The molecule has 10 heteroatoms. The standard InChI is InChI=1S/C23H29N7O2S/c1-3-4-9-28-21(31)19-7-5-6-8-20(19)30-22(28)24-29(23(30)33)16-27-12-10-26(11-13-27)15-18-14-17(2)25-32-18/h5-8,14H,3-4,9-13,15-16H2,1-2H3. The van der Waals surface area contributed by atoms with Gasteiger partial charge in [-0.15, -0.1) is 5.10 Å². The van der Waals surface area contributed by atoms with Gasteiger partial charge in [0.05, 0.1) is 29.8 Å². The Bertz CT molecular complexity index is 1390. The lowest BCUT2D eigenvalue weighted by Gasteiger charge is -2.33. The molecule has 0 unspecified atom stereocenters. The number of unbranched alkanes of at least 4 members (excludes halogenated alkanes) is 1. The molecule has 3 aromatic heterocycles. The van der Waals surface area contributed by atoms with Crippen molar-refractivity contribution in [3.05, 3.63) is 56.9 Å². The van der Waals surface area contributed by atoms with Gasteiger partial charge >= 0.3 is 0 Å². The molecule has 0 amide bonds. The Balaban J connectivity index is 1.40. The van der Waals surface area contributed by atoms with Gasteiger partial charge in [-0.25, -0.2) is 4.68 Å². The zero-order valence-electron chi connectivity index (χ0n) is 19.1. The van der Waals surface area contributed by atoms with Gasteiger partial charge in [-0.3, -0.25) is 23.6 Å². The summed E-state index contributed by atoms with van der Waals surface area (Å²) in [5.74, 6) is 1.52. The first-order chi connectivity index (χ1) is 16.0. The highest BCUT2D eigenvalue weighted by Gasteiger charge is 2.21. The second-order valence-corrected chi connectivity index (χ2v) is 9.08. The quantitative estimate of drug-likeness (QED) is 0.387. The van der Waals surface area contributed by atoms with Crippen molar-refractivity contribution in [1.82, 2.24) is 33.7 Å². The van der Waals surface area contributed by atoms with E-state index in [1.807, 2.05) is 46.3 Å². The fourth-order valence-electron chi connectivity index (χ4n) is 4.47. The first kappa shape index (κ1) is 22.0. The lowest BCUT2D eigenvalue weighted by Crippen LogP contribution is -2.46. The van der Waals surface area contributed by atoms with Gasteiger partial charge in [0.15, 0.2) is 5.76 Å². The maximum Gasteiger partial charge on any atom is 0.262 e. The van der Waals surface area contributed by atoms with Crippen LogP contribution in [0, 0.1) is 11.7 Å². The number of nitrogens with zero attached hydrogens (tertiary/aromatic N) is 7. The predicted octanol–water partition coefficient (Wildman–Crippen LogP) is 3.05. The summed E-state index contributed by atoms with van der Waals surface area (Å²) in [5, 5.41) is 9.47. The number of hydrogen-bond donors (Lipinski definition) is 0. The number of benzene rings is 1. The van der Waals surface area contributed by atoms with Crippen LogP contribution in [0.1, 0.15) is 31.2 Å². The van der Waals surface area contributed by atoms with Crippen LogP contribution in [0.2, 0.25) is 0 Å². The van der Waals surface area contributed by atoms with E-state index in [1.54, 1.807) is 4.57 Å². The molecule has 5 rings (SSSR count). The lowest BCUT2D eigenvalue weighted by molar-refractivity contribution is 0.0921. The molecule has 0 saturated carbocycles. The third-order valence-electron chi connectivity index (χ3n) is 6.27. The first-order valence-corrected chi connectivity index (χ1v) is 11.9. The fourth-order valence-corrected chi connectivity index (χ4v) is 4.75. The highest BCUT2D eigenvalue weighted by Crippen LogP contribution is 2.16. The molecular formula is C23H29N7O2S. The fraction of sp³-hybridized carbons (Fsp3) is 0.478. The second-order valence-electron chi connectivity index (χ2n) is 8.72. The summed E-state index contributed by atoms with van der Waals surface area (Å²) >= 11 is 5.84. The van der Waals surface area contributed by atoms with Crippen LogP contribution in [0.4, 0.5) is 0 Å². The van der Waals surface area contributed by atoms with Crippen molar-refractivity contribution >= 4 is 28.9 Å². The number of fused-ring (bicyclic) bond motifs is 3. The molecule has 0 atom stereocenters. The number of piperazine rings is 1. The maximum atomic E-state index is 13.2. The molecule has 1 aliphatic rings. The summed E-state index contributed by atoms with van der Waals surface area (Å²) in [4.78, 5) is 17.9. The van der Waals surface area contributed by atoms with E-state index in [2.05, 4.69) is 21.9 Å². The van der Waals surface area contributed by atoms with Gasteiger partial charge in [0.1, 0.15) is 0 Å². The summed E-state index contributed by atoms with van der Waals surface area (Å²) in [5.41, 5.74) is 1.72. The molecule has 1 aromatic carbocycles. The Kier molecular flexibility index (Phi) is 6.13. The van der Waals surface area contributed by atoms with E-state index in [-0.39, 0.29) is 5.56 Å². The molecule has 174 valence electrons. The van der Waals surface area contributed by atoms with Crippen LogP contribution in [-0.2, 0) is 19.8 Å². The van der Waals surface area contributed by atoms with Crippen LogP contribution in [0.5, 0.6) is 0 Å². The number of aromatic nitrogens is 5. The molecule has 0 N–H and O–H groups in total. The van der Waals surface area contributed by atoms with Crippen LogP contribution >= 0.6 is 12.2 Å². The second kappa shape index (κ2) is 9.20. The highest BCUT2D eigenvalue weighted by molar-refractivity contribution is 7.71. The molecule has 0 aliphatic carbocycles. The number of aryl methyl sites for hydroxylation is 2. The minimum atomic E-state index is -0.00466. The van der Waals surface area contributed by atoms with Crippen LogP contribution in [0.3, 0.4) is 0 Å². The molecule has 0 bridgehead atoms. The van der Waals surface area contributed by atoms with Gasteiger partial charge in [-0.05, 0) is 37.7 Å². The third kappa shape index (κ3) is 4.25. The van der Waals surface area contributed by atoms with E-state index in [0.717, 1.165) is 62.5 Å². The summed E-state index contributed by atoms with van der Waals surface area (Å²) < 4.78 is 11.6. The molecule has 33 heavy (non-hydrogen) atoms. The topological polar surface area (TPSA) is 76.7 Å². The van der Waals surface area contributed by atoms with Crippen molar-refractivity contribution in [2.24, 2.45) is 0 Å². The first-order valence-electron chi connectivity index (χ1n) is 11.5. The molecule has 9 nitrogen and oxygen atoms in total. The zero-order chi connectivity index (χ0) is 22.9. The molecule has 1 fully saturated rings. The van der Waals surface area contributed by atoms with Gasteiger partial charge in [-0.2, -0.15) is 0 Å². The van der Waals surface area contributed by atoms with Crippen molar-refractivity contribution in [2.45, 2.75) is 46.4 Å². The van der Waals surface area contributed by atoms with Crippen molar-refractivity contribution < 1.29 is 4.52 Å². The number of para-hydroxylation sites is 1. The average Bonchev–Trinajstić information content (AvgIpc) is 3.38. The number of hydrogen-bond acceptors (Lipinski definition) is 7. The summed E-state index contributed by atoms with van der Waals surface area (Å²) in [6.07, 6.45) is 1.92. The molecule has 1 aliphatic heterocycles. The average molecular weight is 468 g/mol. The van der Waals surface area contributed by atoms with Gasteiger partial charge < -0.3 is 4.52 Å². The molecule has 1 saturated heterocycles. The Morgan fingerprint density at radius 2 is 1.88 bits per heavy atom. The van der Waals surface area contributed by atoms with Crippen LogP contribution < -0.4 is 5.56 Å². The zero-order valence-corrected chi connectivity index (χ0v) is 19.9. The Morgan fingerprint density at radius 3 is 2.61 bits per heavy atom. The van der Waals surface area contributed by atoms with Crippen LogP contribution in [0.25, 0.3) is 16.7 Å². The van der Waals surface area contributed by atoms with Crippen LogP contribution in [-0.4, -0.2) is 59.9 Å².